The first kappa shape index (κ1) is 16.8. The van der Waals surface area contributed by atoms with Gasteiger partial charge in [-0.3, -0.25) is 9.88 Å². The predicted octanol–water partition coefficient (Wildman–Crippen LogP) is 2.51. The van der Waals surface area contributed by atoms with Gasteiger partial charge in [0.15, 0.2) is 0 Å². The molecule has 4 heterocycles. The van der Waals surface area contributed by atoms with Crippen LogP contribution in [0.15, 0.2) is 67.1 Å². The summed E-state index contributed by atoms with van der Waals surface area (Å²) < 4.78 is 1.82. The van der Waals surface area contributed by atoms with E-state index in [4.69, 9.17) is 5.10 Å². The molecule has 0 spiro atoms. The van der Waals surface area contributed by atoms with E-state index >= 15 is 0 Å². The third kappa shape index (κ3) is 3.32. The normalized spacial score (nSPS) is 15.2. The smallest absolute Gasteiger partial charge is 0.254 e. The molecule has 7 nitrogen and oxygen atoms in total. The molecule has 0 N–H and O–H groups in total. The Morgan fingerprint density at radius 3 is 2.39 bits per heavy atom. The summed E-state index contributed by atoms with van der Waals surface area (Å²) in [6.07, 6.45) is 5.35. The van der Waals surface area contributed by atoms with Gasteiger partial charge in [-0.2, -0.15) is 9.50 Å². The van der Waals surface area contributed by atoms with E-state index in [0.717, 1.165) is 49.9 Å². The van der Waals surface area contributed by atoms with Crippen LogP contribution in [-0.4, -0.2) is 55.6 Å². The maximum absolute atomic E-state index is 4.75. The van der Waals surface area contributed by atoms with Crippen molar-refractivity contribution >= 4 is 11.7 Å². The molecule has 3 aromatic heterocycles. The van der Waals surface area contributed by atoms with E-state index in [1.54, 1.807) is 18.6 Å². The largest absolute Gasteiger partial charge is 0.337 e. The van der Waals surface area contributed by atoms with Gasteiger partial charge >= 0.3 is 0 Å². The van der Waals surface area contributed by atoms with Gasteiger partial charge in [0, 0.05) is 56.9 Å². The van der Waals surface area contributed by atoms with Crippen LogP contribution in [-0.2, 0) is 6.54 Å². The summed E-state index contributed by atoms with van der Waals surface area (Å²) in [5.74, 6) is 1.37. The van der Waals surface area contributed by atoms with Crippen molar-refractivity contribution in [3.05, 3.63) is 72.7 Å². The van der Waals surface area contributed by atoms with Crippen LogP contribution in [0.25, 0.3) is 17.0 Å². The van der Waals surface area contributed by atoms with E-state index in [0.29, 0.717) is 5.78 Å². The van der Waals surface area contributed by atoms with Gasteiger partial charge in [0.2, 0.25) is 5.95 Å². The number of fused-ring (bicyclic) bond motifs is 1. The third-order valence-electron chi connectivity index (χ3n) is 5.11. The molecule has 1 aromatic carbocycles. The van der Waals surface area contributed by atoms with Crippen LogP contribution in [0, 0.1) is 0 Å². The van der Waals surface area contributed by atoms with Crippen LogP contribution >= 0.6 is 0 Å². The Hall–Kier alpha value is -3.32. The Morgan fingerprint density at radius 1 is 0.821 bits per heavy atom. The second-order valence-electron chi connectivity index (χ2n) is 6.94. The molecule has 0 bridgehead atoms. The average molecular weight is 371 g/mol. The summed E-state index contributed by atoms with van der Waals surface area (Å²) >= 11 is 0. The molecule has 0 amide bonds. The number of hydrogen-bond acceptors (Lipinski definition) is 6. The third-order valence-corrected chi connectivity index (χ3v) is 5.11. The van der Waals surface area contributed by atoms with Crippen LogP contribution in [0.2, 0.25) is 0 Å². The van der Waals surface area contributed by atoms with Crippen molar-refractivity contribution in [2.75, 3.05) is 31.1 Å². The Morgan fingerprint density at radius 2 is 1.61 bits per heavy atom. The number of pyridine rings is 1. The van der Waals surface area contributed by atoms with Crippen LogP contribution in [0.5, 0.6) is 0 Å². The van der Waals surface area contributed by atoms with Gasteiger partial charge < -0.3 is 4.90 Å². The minimum atomic E-state index is 0.621. The number of piperazine rings is 1. The molecule has 0 unspecified atom stereocenters. The molecule has 4 aromatic rings. The van der Waals surface area contributed by atoms with E-state index in [-0.39, 0.29) is 0 Å². The molecular weight excluding hydrogens is 350 g/mol. The summed E-state index contributed by atoms with van der Waals surface area (Å²) in [6.45, 7) is 4.80. The van der Waals surface area contributed by atoms with E-state index < -0.39 is 0 Å². The molecule has 0 atom stereocenters. The van der Waals surface area contributed by atoms with Crippen LogP contribution in [0.4, 0.5) is 5.95 Å². The first-order chi connectivity index (χ1) is 13.9. The first-order valence-corrected chi connectivity index (χ1v) is 9.50. The summed E-state index contributed by atoms with van der Waals surface area (Å²) in [4.78, 5) is 17.9. The van der Waals surface area contributed by atoms with Gasteiger partial charge in [-0.1, -0.05) is 30.3 Å². The molecule has 7 heteroatoms. The number of hydrogen-bond donors (Lipinski definition) is 0. The van der Waals surface area contributed by atoms with Gasteiger partial charge in [0.05, 0.1) is 5.69 Å². The lowest BCUT2D eigenvalue weighted by atomic mass is 10.2. The minimum absolute atomic E-state index is 0.621. The monoisotopic (exact) mass is 371 g/mol. The Kier molecular flexibility index (Phi) is 4.42. The number of benzene rings is 1. The summed E-state index contributed by atoms with van der Waals surface area (Å²) in [6, 6.07) is 16.5. The fraction of sp³-hybridized carbons (Fsp3) is 0.238. The van der Waals surface area contributed by atoms with Crippen molar-refractivity contribution in [2.24, 2.45) is 0 Å². The van der Waals surface area contributed by atoms with Crippen molar-refractivity contribution in [3.63, 3.8) is 0 Å². The van der Waals surface area contributed by atoms with Crippen molar-refractivity contribution in [1.82, 2.24) is 29.5 Å². The van der Waals surface area contributed by atoms with Gasteiger partial charge in [0.25, 0.3) is 5.78 Å². The molecule has 1 fully saturated rings. The van der Waals surface area contributed by atoms with Crippen molar-refractivity contribution < 1.29 is 0 Å². The molecule has 0 aliphatic carbocycles. The zero-order valence-corrected chi connectivity index (χ0v) is 15.5. The summed E-state index contributed by atoms with van der Waals surface area (Å²) in [5.41, 5.74) is 3.37. The average Bonchev–Trinajstić information content (AvgIpc) is 3.20. The highest BCUT2D eigenvalue weighted by atomic mass is 15.4. The van der Waals surface area contributed by atoms with E-state index in [1.165, 1.54) is 5.56 Å². The highest BCUT2D eigenvalue weighted by Gasteiger charge is 2.21. The fourth-order valence-corrected chi connectivity index (χ4v) is 3.61. The molecular formula is C21H21N7. The predicted molar refractivity (Wildman–Crippen MR) is 108 cm³/mol. The van der Waals surface area contributed by atoms with E-state index in [9.17, 15) is 0 Å². The standard InChI is InChI=1S/C21H21N7/c1-2-4-17(5-3-1)16-26-12-14-27(15-13-26)21-24-20-23-11-8-19(28(20)25-21)18-6-9-22-10-7-18/h1-11H,12-16H2. The Balaban J connectivity index is 1.34. The molecule has 1 aliphatic rings. The maximum atomic E-state index is 4.75. The van der Waals surface area contributed by atoms with Gasteiger partial charge in [-0.15, -0.1) is 5.10 Å². The lowest BCUT2D eigenvalue weighted by Crippen LogP contribution is -2.46. The lowest BCUT2D eigenvalue weighted by Gasteiger charge is -2.34. The topological polar surface area (TPSA) is 62.5 Å². The molecule has 0 saturated carbocycles. The molecule has 5 rings (SSSR count). The van der Waals surface area contributed by atoms with Crippen molar-refractivity contribution in [3.8, 4) is 11.3 Å². The van der Waals surface area contributed by atoms with Gasteiger partial charge in [-0.05, 0) is 23.8 Å². The number of anilines is 1. The maximum Gasteiger partial charge on any atom is 0.254 e. The van der Waals surface area contributed by atoms with Crippen molar-refractivity contribution in [1.29, 1.82) is 0 Å². The number of rotatable bonds is 4. The highest BCUT2D eigenvalue weighted by Crippen LogP contribution is 2.20. The zero-order chi connectivity index (χ0) is 18.8. The zero-order valence-electron chi connectivity index (χ0n) is 15.5. The molecule has 0 radical (unpaired) electrons. The van der Waals surface area contributed by atoms with E-state index in [1.807, 2.05) is 22.7 Å². The quantitative estimate of drug-likeness (QED) is 0.549. The SMILES string of the molecule is c1ccc(CN2CCN(c3nc4nccc(-c5ccncc5)n4n3)CC2)cc1. The van der Waals surface area contributed by atoms with E-state index in [2.05, 4.69) is 55.1 Å². The molecule has 1 saturated heterocycles. The number of nitrogens with zero attached hydrogens (tertiary/aromatic N) is 7. The summed E-state index contributed by atoms with van der Waals surface area (Å²) in [7, 11) is 0. The highest BCUT2D eigenvalue weighted by molar-refractivity contribution is 5.61. The minimum Gasteiger partial charge on any atom is -0.337 e. The van der Waals surface area contributed by atoms with Crippen LogP contribution < -0.4 is 4.90 Å². The molecule has 140 valence electrons. The van der Waals surface area contributed by atoms with Crippen molar-refractivity contribution in [2.45, 2.75) is 6.54 Å². The lowest BCUT2D eigenvalue weighted by molar-refractivity contribution is 0.249. The second kappa shape index (κ2) is 7.36. The number of aromatic nitrogens is 5. The van der Waals surface area contributed by atoms with Gasteiger partial charge in [0.1, 0.15) is 0 Å². The Bertz CT molecular complexity index is 1050. The molecule has 28 heavy (non-hydrogen) atoms. The molecule has 1 aliphatic heterocycles. The fourth-order valence-electron chi connectivity index (χ4n) is 3.61. The summed E-state index contributed by atoms with van der Waals surface area (Å²) in [5, 5.41) is 4.75. The Labute approximate surface area is 163 Å². The van der Waals surface area contributed by atoms with Gasteiger partial charge in [-0.25, -0.2) is 4.98 Å². The van der Waals surface area contributed by atoms with Crippen LogP contribution in [0.1, 0.15) is 5.56 Å². The second-order valence-corrected chi connectivity index (χ2v) is 6.94. The first-order valence-electron chi connectivity index (χ1n) is 9.50. The van der Waals surface area contributed by atoms with Crippen LogP contribution in [0.3, 0.4) is 0 Å².